The highest BCUT2D eigenvalue weighted by molar-refractivity contribution is 9.10. The van der Waals surface area contributed by atoms with Crippen LogP contribution in [0.1, 0.15) is 21.5 Å². The summed E-state index contributed by atoms with van der Waals surface area (Å²) >= 11 is 8.75. The first-order chi connectivity index (χ1) is 15.3. The summed E-state index contributed by atoms with van der Waals surface area (Å²) in [5, 5.41) is 5.97. The Hall–Kier alpha value is -3.23. The van der Waals surface area contributed by atoms with E-state index < -0.39 is 0 Å². The number of nitrogens with one attached hydrogen (secondary N) is 2. The van der Waals surface area contributed by atoms with Crippen LogP contribution in [-0.4, -0.2) is 23.1 Å². The number of hydrogen-bond acceptors (Lipinski definition) is 5. The van der Waals surface area contributed by atoms with E-state index in [9.17, 15) is 4.79 Å². The van der Waals surface area contributed by atoms with Gasteiger partial charge in [0.1, 0.15) is 11.3 Å². The third-order valence-corrected chi connectivity index (χ3v) is 5.61. The van der Waals surface area contributed by atoms with Crippen LogP contribution in [0.2, 0.25) is 0 Å². The highest BCUT2D eigenvalue weighted by atomic mass is 79.9. The van der Waals surface area contributed by atoms with Gasteiger partial charge in [-0.05, 0) is 79.7 Å². The van der Waals surface area contributed by atoms with Gasteiger partial charge in [-0.25, -0.2) is 4.98 Å². The number of benzene rings is 3. The Balaban J connectivity index is 1.54. The fourth-order valence-corrected chi connectivity index (χ4v) is 3.80. The number of aromatic nitrogens is 1. The monoisotopic (exact) mass is 509 g/mol. The maximum Gasteiger partial charge on any atom is 0.261 e. The molecule has 3 aromatic carbocycles. The number of rotatable bonds is 4. The second-order valence-electron chi connectivity index (χ2n) is 7.27. The van der Waals surface area contributed by atoms with Gasteiger partial charge in [0.2, 0.25) is 5.89 Å². The Morgan fingerprint density at radius 3 is 2.69 bits per heavy atom. The number of carbonyl (C=O) groups excluding carboxylic acids is 1. The number of oxazole rings is 1. The molecule has 0 aliphatic heterocycles. The molecule has 0 aliphatic carbocycles. The quantitative estimate of drug-likeness (QED) is 0.328. The number of amides is 1. The summed E-state index contributed by atoms with van der Waals surface area (Å²) in [6, 6.07) is 16.8. The van der Waals surface area contributed by atoms with Crippen LogP contribution in [0.5, 0.6) is 5.75 Å². The number of anilines is 1. The minimum atomic E-state index is -0.372. The Morgan fingerprint density at radius 2 is 1.91 bits per heavy atom. The molecule has 0 atom stereocenters. The SMILES string of the molecule is COc1ccc(Br)cc1C(=O)NC(=S)Nc1cc(-c2nc3cc(C)ccc3o2)ccc1C. The molecule has 0 unspecified atom stereocenters. The molecule has 0 bridgehead atoms. The predicted octanol–water partition coefficient (Wildman–Crippen LogP) is 6.01. The van der Waals surface area contributed by atoms with Crippen molar-refractivity contribution in [3.63, 3.8) is 0 Å². The summed E-state index contributed by atoms with van der Waals surface area (Å²) in [6.07, 6.45) is 0. The van der Waals surface area contributed by atoms with Gasteiger partial charge in [0, 0.05) is 15.7 Å². The van der Waals surface area contributed by atoms with E-state index >= 15 is 0 Å². The van der Waals surface area contributed by atoms with Gasteiger partial charge in [0.15, 0.2) is 10.7 Å². The molecule has 4 rings (SSSR count). The zero-order valence-electron chi connectivity index (χ0n) is 17.7. The van der Waals surface area contributed by atoms with Crippen molar-refractivity contribution in [2.75, 3.05) is 12.4 Å². The lowest BCUT2D eigenvalue weighted by Crippen LogP contribution is -2.34. The lowest BCUT2D eigenvalue weighted by Gasteiger charge is -2.14. The average Bonchev–Trinajstić information content (AvgIpc) is 3.18. The maximum atomic E-state index is 12.7. The molecule has 0 spiro atoms. The average molecular weight is 510 g/mol. The van der Waals surface area contributed by atoms with Crippen molar-refractivity contribution in [1.82, 2.24) is 10.3 Å². The molecular formula is C24H20BrN3O3S. The molecule has 0 radical (unpaired) electrons. The van der Waals surface area contributed by atoms with Gasteiger partial charge in [0.25, 0.3) is 5.91 Å². The van der Waals surface area contributed by atoms with Crippen LogP contribution >= 0.6 is 28.1 Å². The smallest absolute Gasteiger partial charge is 0.261 e. The Labute approximate surface area is 199 Å². The highest BCUT2D eigenvalue weighted by Crippen LogP contribution is 2.28. The minimum Gasteiger partial charge on any atom is -0.496 e. The number of aryl methyl sites for hydroxylation is 2. The van der Waals surface area contributed by atoms with Crippen molar-refractivity contribution in [3.8, 4) is 17.2 Å². The highest BCUT2D eigenvalue weighted by Gasteiger charge is 2.15. The number of halogens is 1. The van der Waals surface area contributed by atoms with E-state index in [-0.39, 0.29) is 11.0 Å². The summed E-state index contributed by atoms with van der Waals surface area (Å²) in [6.45, 7) is 3.96. The van der Waals surface area contributed by atoms with Gasteiger partial charge >= 0.3 is 0 Å². The predicted molar refractivity (Wildman–Crippen MR) is 133 cm³/mol. The molecule has 2 N–H and O–H groups in total. The van der Waals surface area contributed by atoms with Gasteiger partial charge < -0.3 is 14.5 Å². The van der Waals surface area contributed by atoms with E-state index in [0.29, 0.717) is 17.2 Å². The van der Waals surface area contributed by atoms with E-state index in [1.165, 1.54) is 7.11 Å². The Bertz CT molecular complexity index is 1350. The van der Waals surface area contributed by atoms with Gasteiger partial charge in [-0.1, -0.05) is 28.1 Å². The molecule has 1 aromatic heterocycles. The number of thiocarbonyl (C=S) groups is 1. The lowest BCUT2D eigenvalue weighted by molar-refractivity contribution is 0.0974. The molecule has 0 aliphatic rings. The minimum absolute atomic E-state index is 0.172. The molecule has 1 heterocycles. The van der Waals surface area contributed by atoms with Crippen LogP contribution < -0.4 is 15.4 Å². The Kier molecular flexibility index (Phi) is 6.25. The van der Waals surface area contributed by atoms with Crippen molar-refractivity contribution >= 4 is 56.0 Å². The second-order valence-corrected chi connectivity index (χ2v) is 8.60. The van der Waals surface area contributed by atoms with Crippen LogP contribution in [0.4, 0.5) is 5.69 Å². The number of ether oxygens (including phenoxy) is 1. The summed E-state index contributed by atoms with van der Waals surface area (Å²) in [5.41, 5.74) is 5.52. The zero-order valence-corrected chi connectivity index (χ0v) is 20.1. The van der Waals surface area contributed by atoms with E-state index in [1.54, 1.807) is 18.2 Å². The van der Waals surface area contributed by atoms with Crippen molar-refractivity contribution in [3.05, 3.63) is 75.8 Å². The molecule has 6 nitrogen and oxygen atoms in total. The number of hydrogen-bond donors (Lipinski definition) is 2. The van der Waals surface area contributed by atoms with Crippen LogP contribution in [0.15, 0.2) is 63.5 Å². The second kappa shape index (κ2) is 9.10. The molecule has 162 valence electrons. The first-order valence-corrected chi connectivity index (χ1v) is 11.0. The molecular weight excluding hydrogens is 490 g/mol. The fourth-order valence-electron chi connectivity index (χ4n) is 3.23. The third-order valence-electron chi connectivity index (χ3n) is 4.91. The standard InChI is InChI=1S/C24H20BrN3O3S/c1-13-4-8-21-19(10-13)26-23(31-21)15-6-5-14(2)18(11-15)27-24(32)28-22(29)17-12-16(25)7-9-20(17)30-3/h4-12H,1-3H3,(H2,27,28,29,32). The first kappa shape index (κ1) is 22.0. The number of nitrogens with zero attached hydrogens (tertiary/aromatic N) is 1. The molecule has 32 heavy (non-hydrogen) atoms. The fraction of sp³-hybridized carbons (Fsp3) is 0.125. The van der Waals surface area contributed by atoms with E-state index in [1.807, 2.05) is 50.2 Å². The normalized spacial score (nSPS) is 10.8. The van der Waals surface area contributed by atoms with Gasteiger partial charge in [-0.2, -0.15) is 0 Å². The number of methoxy groups -OCH3 is 1. The summed E-state index contributed by atoms with van der Waals surface area (Å²) in [5.74, 6) is 0.601. The molecule has 0 saturated carbocycles. The van der Waals surface area contributed by atoms with E-state index in [0.717, 1.165) is 38.0 Å². The molecule has 8 heteroatoms. The summed E-state index contributed by atoms with van der Waals surface area (Å²) in [7, 11) is 1.51. The first-order valence-electron chi connectivity index (χ1n) is 9.78. The van der Waals surface area contributed by atoms with Gasteiger partial charge in [-0.15, -0.1) is 0 Å². The summed E-state index contributed by atoms with van der Waals surface area (Å²) in [4.78, 5) is 17.3. The number of carbonyl (C=O) groups is 1. The number of fused-ring (bicyclic) bond motifs is 1. The van der Waals surface area contributed by atoms with Gasteiger partial charge in [-0.3, -0.25) is 10.1 Å². The van der Waals surface area contributed by atoms with Crippen molar-refractivity contribution in [2.24, 2.45) is 0 Å². The molecule has 1 amide bonds. The van der Waals surface area contributed by atoms with Crippen molar-refractivity contribution < 1.29 is 13.9 Å². The summed E-state index contributed by atoms with van der Waals surface area (Å²) < 4.78 is 11.9. The van der Waals surface area contributed by atoms with E-state index in [2.05, 4.69) is 31.5 Å². The van der Waals surface area contributed by atoms with Crippen LogP contribution in [0.3, 0.4) is 0 Å². The van der Waals surface area contributed by atoms with Crippen LogP contribution in [-0.2, 0) is 0 Å². The molecule has 0 fully saturated rings. The van der Waals surface area contributed by atoms with Crippen molar-refractivity contribution in [1.29, 1.82) is 0 Å². The van der Waals surface area contributed by atoms with Gasteiger partial charge in [0.05, 0.1) is 12.7 Å². The maximum absolute atomic E-state index is 12.7. The van der Waals surface area contributed by atoms with E-state index in [4.69, 9.17) is 21.4 Å². The topological polar surface area (TPSA) is 76.4 Å². The Morgan fingerprint density at radius 1 is 1.09 bits per heavy atom. The largest absolute Gasteiger partial charge is 0.496 e. The molecule has 0 saturated heterocycles. The third kappa shape index (κ3) is 4.66. The molecule has 4 aromatic rings. The lowest BCUT2D eigenvalue weighted by atomic mass is 10.1. The zero-order chi connectivity index (χ0) is 22.8. The van der Waals surface area contributed by atoms with Crippen LogP contribution in [0.25, 0.3) is 22.6 Å². The van der Waals surface area contributed by atoms with Crippen molar-refractivity contribution in [2.45, 2.75) is 13.8 Å². The van der Waals surface area contributed by atoms with Crippen LogP contribution in [0, 0.1) is 13.8 Å².